The van der Waals surface area contributed by atoms with Gasteiger partial charge in [0.05, 0.1) is 6.10 Å². The summed E-state index contributed by atoms with van der Waals surface area (Å²) in [7, 11) is 0. The van der Waals surface area contributed by atoms with E-state index in [0.29, 0.717) is 17.8 Å². The van der Waals surface area contributed by atoms with Crippen LogP contribution in [0.2, 0.25) is 0 Å². The average Bonchev–Trinajstić information content (AvgIpc) is 2.74. The highest BCUT2D eigenvalue weighted by Gasteiger charge is 2.13. The van der Waals surface area contributed by atoms with E-state index in [9.17, 15) is 5.11 Å². The first-order valence-corrected chi connectivity index (χ1v) is 5.97. The quantitative estimate of drug-likeness (QED) is 0.856. The van der Waals surface area contributed by atoms with E-state index in [1.807, 2.05) is 30.5 Å². The molecule has 0 radical (unpaired) electrons. The summed E-state index contributed by atoms with van der Waals surface area (Å²) in [5.74, 6) is 0.412. The van der Waals surface area contributed by atoms with Crippen molar-refractivity contribution in [1.29, 1.82) is 0 Å². The summed E-state index contributed by atoms with van der Waals surface area (Å²) >= 11 is 1.63. The molecular formula is C12H14N2OS. The summed E-state index contributed by atoms with van der Waals surface area (Å²) in [5.41, 5.74) is 7.48. The maximum atomic E-state index is 10.1. The van der Waals surface area contributed by atoms with Crippen molar-refractivity contribution >= 4 is 17.2 Å². The van der Waals surface area contributed by atoms with Crippen LogP contribution in [0.25, 0.3) is 0 Å². The lowest BCUT2D eigenvalue weighted by Gasteiger charge is -2.12. The molecule has 84 valence electrons. The van der Waals surface area contributed by atoms with Crippen LogP contribution in [0.4, 0.5) is 5.82 Å². The number of anilines is 1. The Balaban J connectivity index is 2.20. The van der Waals surface area contributed by atoms with E-state index in [4.69, 9.17) is 5.73 Å². The topological polar surface area (TPSA) is 59.1 Å². The van der Waals surface area contributed by atoms with Gasteiger partial charge < -0.3 is 10.8 Å². The van der Waals surface area contributed by atoms with Crippen molar-refractivity contribution < 1.29 is 5.11 Å². The number of hydrogen-bond donors (Lipinski definition) is 2. The Labute approximate surface area is 98.6 Å². The molecule has 3 N–H and O–H groups in total. The van der Waals surface area contributed by atoms with Crippen molar-refractivity contribution in [3.8, 4) is 0 Å². The Morgan fingerprint density at radius 1 is 1.56 bits per heavy atom. The molecule has 2 heterocycles. The highest BCUT2D eigenvalue weighted by Crippen LogP contribution is 2.24. The summed E-state index contributed by atoms with van der Waals surface area (Å²) in [6.45, 7) is 1.94. The van der Waals surface area contributed by atoms with Crippen molar-refractivity contribution in [2.45, 2.75) is 19.4 Å². The van der Waals surface area contributed by atoms with E-state index in [0.717, 1.165) is 10.4 Å². The molecule has 1 unspecified atom stereocenters. The normalized spacial score (nSPS) is 12.6. The molecule has 0 aliphatic carbocycles. The number of nitrogens with zero attached hydrogens (tertiary/aromatic N) is 1. The molecule has 0 aliphatic rings. The number of nitrogens with two attached hydrogens (primary N) is 1. The van der Waals surface area contributed by atoms with Crippen LogP contribution in [-0.4, -0.2) is 10.1 Å². The predicted molar refractivity (Wildman–Crippen MR) is 66.4 cm³/mol. The van der Waals surface area contributed by atoms with Gasteiger partial charge in [-0.25, -0.2) is 4.98 Å². The van der Waals surface area contributed by atoms with Crippen molar-refractivity contribution in [2.24, 2.45) is 0 Å². The smallest absolute Gasteiger partial charge is 0.129 e. The maximum Gasteiger partial charge on any atom is 0.129 e. The number of aliphatic hydroxyl groups is 1. The van der Waals surface area contributed by atoms with E-state index in [1.165, 1.54) is 0 Å². The number of nitrogen functional groups attached to an aromatic ring is 1. The zero-order valence-electron chi connectivity index (χ0n) is 9.05. The average molecular weight is 234 g/mol. The summed E-state index contributed by atoms with van der Waals surface area (Å²) in [4.78, 5) is 5.20. The molecular weight excluding hydrogens is 220 g/mol. The first-order valence-electron chi connectivity index (χ1n) is 5.09. The first-order chi connectivity index (χ1) is 7.66. The van der Waals surface area contributed by atoms with Gasteiger partial charge in [-0.2, -0.15) is 0 Å². The Morgan fingerprint density at radius 2 is 2.38 bits per heavy atom. The molecule has 2 rings (SSSR count). The monoisotopic (exact) mass is 234 g/mol. The van der Waals surface area contributed by atoms with Crippen LogP contribution in [-0.2, 0) is 6.42 Å². The second-order valence-corrected chi connectivity index (χ2v) is 4.82. The molecule has 2 aromatic heterocycles. The molecule has 0 bridgehead atoms. The molecule has 0 aromatic carbocycles. The van der Waals surface area contributed by atoms with Crippen LogP contribution in [0.3, 0.4) is 0 Å². The van der Waals surface area contributed by atoms with Crippen LogP contribution < -0.4 is 5.73 Å². The second kappa shape index (κ2) is 4.63. The fourth-order valence-electron chi connectivity index (χ4n) is 1.60. The van der Waals surface area contributed by atoms with Crippen LogP contribution in [0, 0.1) is 6.92 Å². The third kappa shape index (κ3) is 2.40. The summed E-state index contributed by atoms with van der Waals surface area (Å²) in [6.07, 6.45) is 1.72. The zero-order valence-corrected chi connectivity index (χ0v) is 9.87. The number of aryl methyl sites for hydroxylation is 1. The van der Waals surface area contributed by atoms with Gasteiger partial charge in [-0.05, 0) is 30.0 Å². The molecule has 0 saturated heterocycles. The lowest BCUT2D eigenvalue weighted by atomic mass is 10.1. The Bertz CT molecular complexity index is 468. The standard InChI is InChI=1S/C12H14N2OS/c1-8-5-10(12(13)14-7-8)11(15)6-9-3-2-4-16-9/h2-5,7,11,15H,6H2,1H3,(H2,13,14). The lowest BCUT2D eigenvalue weighted by molar-refractivity contribution is 0.180. The Kier molecular flexibility index (Phi) is 3.22. The summed E-state index contributed by atoms with van der Waals surface area (Å²) in [6, 6.07) is 5.87. The minimum atomic E-state index is -0.578. The number of aromatic nitrogens is 1. The molecule has 2 aromatic rings. The third-order valence-corrected chi connectivity index (χ3v) is 3.32. The molecule has 0 spiro atoms. The highest BCUT2D eigenvalue weighted by molar-refractivity contribution is 7.09. The Morgan fingerprint density at radius 3 is 3.06 bits per heavy atom. The van der Waals surface area contributed by atoms with Gasteiger partial charge in [0.2, 0.25) is 0 Å². The van der Waals surface area contributed by atoms with Crippen LogP contribution in [0.15, 0.2) is 29.8 Å². The molecule has 3 nitrogen and oxygen atoms in total. The molecule has 0 fully saturated rings. The molecule has 0 amide bonds. The fraction of sp³-hybridized carbons (Fsp3) is 0.250. The second-order valence-electron chi connectivity index (χ2n) is 3.79. The van der Waals surface area contributed by atoms with E-state index in [2.05, 4.69) is 4.98 Å². The van der Waals surface area contributed by atoms with Crippen molar-refractivity contribution in [3.63, 3.8) is 0 Å². The third-order valence-electron chi connectivity index (χ3n) is 2.42. The fourth-order valence-corrected chi connectivity index (χ4v) is 2.34. The van der Waals surface area contributed by atoms with Gasteiger partial charge in [0.1, 0.15) is 5.82 Å². The lowest BCUT2D eigenvalue weighted by Crippen LogP contribution is -2.06. The summed E-state index contributed by atoms with van der Waals surface area (Å²) in [5, 5.41) is 12.1. The highest BCUT2D eigenvalue weighted by atomic mass is 32.1. The summed E-state index contributed by atoms with van der Waals surface area (Å²) < 4.78 is 0. The van der Waals surface area contributed by atoms with Gasteiger partial charge in [0.25, 0.3) is 0 Å². The maximum absolute atomic E-state index is 10.1. The number of thiophene rings is 1. The van der Waals surface area contributed by atoms with Gasteiger partial charge in [-0.3, -0.25) is 0 Å². The van der Waals surface area contributed by atoms with Gasteiger partial charge in [-0.15, -0.1) is 11.3 Å². The van der Waals surface area contributed by atoms with E-state index in [-0.39, 0.29) is 0 Å². The van der Waals surface area contributed by atoms with Gasteiger partial charge >= 0.3 is 0 Å². The van der Waals surface area contributed by atoms with Gasteiger partial charge in [0.15, 0.2) is 0 Å². The van der Waals surface area contributed by atoms with Gasteiger partial charge in [-0.1, -0.05) is 6.07 Å². The van der Waals surface area contributed by atoms with Crippen LogP contribution >= 0.6 is 11.3 Å². The molecule has 4 heteroatoms. The number of aliphatic hydroxyl groups excluding tert-OH is 1. The van der Waals surface area contributed by atoms with Gasteiger partial charge in [0, 0.05) is 23.1 Å². The number of hydrogen-bond acceptors (Lipinski definition) is 4. The van der Waals surface area contributed by atoms with E-state index >= 15 is 0 Å². The van der Waals surface area contributed by atoms with E-state index < -0.39 is 6.10 Å². The Hall–Kier alpha value is -1.39. The van der Waals surface area contributed by atoms with Crippen molar-refractivity contribution in [1.82, 2.24) is 4.98 Å². The zero-order chi connectivity index (χ0) is 11.5. The van der Waals surface area contributed by atoms with Crippen molar-refractivity contribution in [2.75, 3.05) is 5.73 Å². The predicted octanol–water partition coefficient (Wildman–Crippen LogP) is 2.31. The molecule has 0 saturated carbocycles. The SMILES string of the molecule is Cc1cnc(N)c(C(O)Cc2cccs2)c1. The number of rotatable bonds is 3. The molecule has 16 heavy (non-hydrogen) atoms. The molecule has 0 aliphatic heterocycles. The largest absolute Gasteiger partial charge is 0.388 e. The van der Waals surface area contributed by atoms with Crippen LogP contribution in [0.5, 0.6) is 0 Å². The molecule has 1 atom stereocenters. The minimum Gasteiger partial charge on any atom is -0.388 e. The minimum absolute atomic E-state index is 0.412. The van der Waals surface area contributed by atoms with Crippen LogP contribution in [0.1, 0.15) is 22.1 Å². The number of pyridine rings is 1. The van der Waals surface area contributed by atoms with E-state index in [1.54, 1.807) is 17.5 Å². The van der Waals surface area contributed by atoms with Crippen molar-refractivity contribution in [3.05, 3.63) is 45.8 Å². The first kappa shape index (κ1) is 11.1.